The number of aryl methyl sites for hydroxylation is 1. The predicted molar refractivity (Wildman–Crippen MR) is 87.4 cm³/mol. The average Bonchev–Trinajstić information content (AvgIpc) is 2.93. The van der Waals surface area contributed by atoms with Crippen molar-refractivity contribution in [3.05, 3.63) is 29.0 Å². The molecule has 1 atom stereocenters. The molecule has 3 rings (SSSR count). The number of aromatic nitrogens is 3. The predicted octanol–water partition coefficient (Wildman–Crippen LogP) is 2.50. The number of β-amino-alcohol motifs (C(OH)–C–C–N with tert-alkyl or cyclic N) is 1. The standard InChI is InChI=1S/C15H21N5OS/c1-11-10-17-15(22-11)19-14-16-6-5-12(18-14)13-4-2-3-7-20(13)8-9-21/h5-6,10,13,21H,2-4,7-9H2,1H3,(H,16,17,18,19)/t13-/m1/s1. The minimum absolute atomic E-state index is 0.186. The third-order valence-corrected chi connectivity index (χ3v) is 4.69. The number of aliphatic hydroxyl groups is 1. The molecule has 1 fully saturated rings. The summed E-state index contributed by atoms with van der Waals surface area (Å²) >= 11 is 1.59. The summed E-state index contributed by atoms with van der Waals surface area (Å²) in [5.41, 5.74) is 1.01. The number of aliphatic hydroxyl groups excluding tert-OH is 1. The molecule has 7 heteroatoms. The van der Waals surface area contributed by atoms with Gasteiger partial charge in [-0.1, -0.05) is 6.42 Å². The summed E-state index contributed by atoms with van der Waals surface area (Å²) in [6, 6.07) is 2.24. The molecule has 0 bridgehead atoms. The highest BCUT2D eigenvalue weighted by atomic mass is 32.1. The topological polar surface area (TPSA) is 74.2 Å². The van der Waals surface area contributed by atoms with Crippen molar-refractivity contribution in [3.8, 4) is 0 Å². The van der Waals surface area contributed by atoms with Gasteiger partial charge in [-0.2, -0.15) is 0 Å². The van der Waals surface area contributed by atoms with E-state index in [1.54, 1.807) is 17.5 Å². The Morgan fingerprint density at radius 3 is 3.09 bits per heavy atom. The molecule has 0 amide bonds. The minimum Gasteiger partial charge on any atom is -0.395 e. The number of thiazole rings is 1. The highest BCUT2D eigenvalue weighted by Gasteiger charge is 2.24. The van der Waals surface area contributed by atoms with Gasteiger partial charge in [0.1, 0.15) is 0 Å². The fourth-order valence-corrected chi connectivity index (χ4v) is 3.51. The van der Waals surface area contributed by atoms with Crippen molar-refractivity contribution < 1.29 is 5.11 Å². The van der Waals surface area contributed by atoms with Crippen LogP contribution in [-0.2, 0) is 0 Å². The number of hydrogen-bond donors (Lipinski definition) is 2. The zero-order valence-electron chi connectivity index (χ0n) is 12.7. The van der Waals surface area contributed by atoms with Crippen LogP contribution in [0.2, 0.25) is 0 Å². The summed E-state index contributed by atoms with van der Waals surface area (Å²) in [6.45, 7) is 3.92. The van der Waals surface area contributed by atoms with Crippen LogP contribution >= 0.6 is 11.3 Å². The van der Waals surface area contributed by atoms with Gasteiger partial charge in [0.2, 0.25) is 5.95 Å². The Morgan fingerprint density at radius 1 is 1.41 bits per heavy atom. The first-order valence-electron chi connectivity index (χ1n) is 7.63. The van der Waals surface area contributed by atoms with Crippen molar-refractivity contribution in [1.29, 1.82) is 0 Å². The van der Waals surface area contributed by atoms with E-state index in [2.05, 4.69) is 25.2 Å². The highest BCUT2D eigenvalue weighted by Crippen LogP contribution is 2.30. The summed E-state index contributed by atoms with van der Waals surface area (Å²) in [5.74, 6) is 0.585. The number of rotatable bonds is 5. The fourth-order valence-electron chi connectivity index (χ4n) is 2.85. The Hall–Kier alpha value is -1.57. The van der Waals surface area contributed by atoms with Crippen LogP contribution in [0.5, 0.6) is 0 Å². The third kappa shape index (κ3) is 3.60. The van der Waals surface area contributed by atoms with Gasteiger partial charge in [0.15, 0.2) is 5.13 Å². The number of anilines is 2. The molecule has 2 aromatic rings. The summed E-state index contributed by atoms with van der Waals surface area (Å²) in [6.07, 6.45) is 7.08. The number of hydrogen-bond acceptors (Lipinski definition) is 7. The maximum Gasteiger partial charge on any atom is 0.229 e. The molecule has 0 radical (unpaired) electrons. The smallest absolute Gasteiger partial charge is 0.229 e. The Kier molecular flexibility index (Phi) is 4.97. The van der Waals surface area contributed by atoms with E-state index in [4.69, 9.17) is 0 Å². The quantitative estimate of drug-likeness (QED) is 0.882. The molecule has 0 spiro atoms. The molecule has 0 unspecified atom stereocenters. The second-order valence-corrected chi connectivity index (χ2v) is 6.71. The van der Waals surface area contributed by atoms with Crippen molar-refractivity contribution in [3.63, 3.8) is 0 Å². The maximum atomic E-state index is 9.24. The molecule has 2 N–H and O–H groups in total. The number of likely N-dealkylation sites (tertiary alicyclic amines) is 1. The van der Waals surface area contributed by atoms with Gasteiger partial charge in [-0.05, 0) is 32.4 Å². The first kappa shape index (κ1) is 15.3. The van der Waals surface area contributed by atoms with E-state index in [-0.39, 0.29) is 12.6 Å². The summed E-state index contributed by atoms with van der Waals surface area (Å²) in [4.78, 5) is 16.7. The van der Waals surface area contributed by atoms with E-state index in [1.807, 2.05) is 19.2 Å². The molecule has 118 valence electrons. The van der Waals surface area contributed by atoms with Crippen molar-refractivity contribution in [2.45, 2.75) is 32.2 Å². The van der Waals surface area contributed by atoms with Crippen LogP contribution in [0.25, 0.3) is 0 Å². The van der Waals surface area contributed by atoms with Gasteiger partial charge in [-0.25, -0.2) is 15.0 Å². The molecule has 1 saturated heterocycles. The molecule has 0 aromatic carbocycles. The van der Waals surface area contributed by atoms with Crippen LogP contribution in [0.4, 0.5) is 11.1 Å². The Balaban J connectivity index is 1.77. The van der Waals surface area contributed by atoms with Gasteiger partial charge in [-0.15, -0.1) is 11.3 Å². The number of piperidine rings is 1. The Bertz CT molecular complexity index is 615. The van der Waals surface area contributed by atoms with Crippen LogP contribution < -0.4 is 5.32 Å². The maximum absolute atomic E-state index is 9.24. The van der Waals surface area contributed by atoms with Crippen LogP contribution in [0, 0.1) is 6.92 Å². The van der Waals surface area contributed by atoms with Crippen LogP contribution in [0.3, 0.4) is 0 Å². The highest BCUT2D eigenvalue weighted by molar-refractivity contribution is 7.15. The zero-order chi connectivity index (χ0) is 15.4. The van der Waals surface area contributed by atoms with Crippen molar-refractivity contribution in [2.24, 2.45) is 0 Å². The lowest BCUT2D eigenvalue weighted by Gasteiger charge is -2.34. The summed E-state index contributed by atoms with van der Waals surface area (Å²) < 4.78 is 0. The van der Waals surface area contributed by atoms with Crippen molar-refractivity contribution in [2.75, 3.05) is 25.0 Å². The first-order chi connectivity index (χ1) is 10.8. The molecule has 6 nitrogen and oxygen atoms in total. The summed E-state index contributed by atoms with van der Waals surface area (Å²) in [7, 11) is 0. The van der Waals surface area contributed by atoms with Gasteiger partial charge in [0.25, 0.3) is 0 Å². The molecule has 1 aliphatic rings. The molecule has 22 heavy (non-hydrogen) atoms. The number of nitrogens with zero attached hydrogens (tertiary/aromatic N) is 4. The van der Waals surface area contributed by atoms with E-state index >= 15 is 0 Å². The molecule has 0 aliphatic carbocycles. The Morgan fingerprint density at radius 2 is 2.32 bits per heavy atom. The van der Waals surface area contributed by atoms with Gasteiger partial charge >= 0.3 is 0 Å². The second-order valence-electron chi connectivity index (χ2n) is 5.48. The van der Waals surface area contributed by atoms with E-state index in [0.717, 1.165) is 28.7 Å². The van der Waals surface area contributed by atoms with Crippen LogP contribution in [0.15, 0.2) is 18.5 Å². The Labute approximate surface area is 134 Å². The van der Waals surface area contributed by atoms with E-state index in [1.165, 1.54) is 12.8 Å². The van der Waals surface area contributed by atoms with Crippen molar-refractivity contribution in [1.82, 2.24) is 19.9 Å². The number of nitrogens with one attached hydrogen (secondary N) is 1. The molecular formula is C15H21N5OS. The lowest BCUT2D eigenvalue weighted by Crippen LogP contribution is -2.36. The van der Waals surface area contributed by atoms with Crippen molar-refractivity contribution >= 4 is 22.4 Å². The first-order valence-corrected chi connectivity index (χ1v) is 8.45. The van der Waals surface area contributed by atoms with Gasteiger partial charge < -0.3 is 10.4 Å². The molecular weight excluding hydrogens is 298 g/mol. The minimum atomic E-state index is 0.186. The normalized spacial score (nSPS) is 19.3. The lowest BCUT2D eigenvalue weighted by atomic mass is 9.99. The van der Waals surface area contributed by atoms with E-state index in [9.17, 15) is 5.11 Å². The summed E-state index contributed by atoms with van der Waals surface area (Å²) in [5, 5.41) is 13.2. The molecule has 1 aliphatic heterocycles. The van der Waals surface area contributed by atoms with E-state index in [0.29, 0.717) is 12.5 Å². The van der Waals surface area contributed by atoms with Gasteiger partial charge in [0, 0.05) is 23.8 Å². The van der Waals surface area contributed by atoms with Crippen LogP contribution in [0.1, 0.15) is 35.9 Å². The molecule has 3 heterocycles. The van der Waals surface area contributed by atoms with Gasteiger partial charge in [-0.3, -0.25) is 4.90 Å². The molecule has 2 aromatic heterocycles. The largest absolute Gasteiger partial charge is 0.395 e. The fraction of sp³-hybridized carbons (Fsp3) is 0.533. The molecule has 0 saturated carbocycles. The van der Waals surface area contributed by atoms with E-state index < -0.39 is 0 Å². The lowest BCUT2D eigenvalue weighted by molar-refractivity contribution is 0.114. The van der Waals surface area contributed by atoms with Crippen LogP contribution in [-0.4, -0.2) is 44.7 Å². The zero-order valence-corrected chi connectivity index (χ0v) is 13.5. The third-order valence-electron chi connectivity index (χ3n) is 3.86. The average molecular weight is 319 g/mol. The monoisotopic (exact) mass is 319 g/mol. The van der Waals surface area contributed by atoms with Gasteiger partial charge in [0.05, 0.1) is 18.3 Å². The SMILES string of the molecule is Cc1cnc(Nc2nccc([C@H]3CCCCN3CCO)n2)s1. The second kappa shape index (κ2) is 7.13.